The van der Waals surface area contributed by atoms with Gasteiger partial charge in [0.2, 0.25) is 0 Å². The number of nitrogens with zero attached hydrogens (tertiary/aromatic N) is 2. The van der Waals surface area contributed by atoms with E-state index in [1.807, 2.05) is 23.1 Å². The van der Waals surface area contributed by atoms with Crippen LogP contribution in [0.5, 0.6) is 0 Å². The maximum absolute atomic E-state index is 9.49. The molecule has 0 heterocycles. The molecule has 6 heteroatoms. The number of hydrogen-bond donors (Lipinski definition) is 4. The molecule has 0 atom stereocenters. The number of rotatable bonds is 13. The van der Waals surface area contributed by atoms with Crippen LogP contribution in [0.15, 0.2) is 30.3 Å². The summed E-state index contributed by atoms with van der Waals surface area (Å²) in [5.41, 5.74) is 1.17. The molecule has 0 spiro atoms. The molecule has 0 saturated heterocycles. The predicted octanol–water partition coefficient (Wildman–Crippen LogP) is -0.725. The first-order valence-corrected chi connectivity index (χ1v) is 8.24. The molecule has 0 bridgehead atoms. The van der Waals surface area contributed by atoms with Gasteiger partial charge in [0, 0.05) is 25.2 Å². The molecular formula is C17H31N2O4+. The van der Waals surface area contributed by atoms with Gasteiger partial charge >= 0.3 is 0 Å². The van der Waals surface area contributed by atoms with Crippen LogP contribution in [0.4, 0.5) is 0 Å². The minimum Gasteiger partial charge on any atom is -0.395 e. The van der Waals surface area contributed by atoms with Crippen LogP contribution >= 0.6 is 0 Å². The minimum atomic E-state index is 0.0543. The van der Waals surface area contributed by atoms with Gasteiger partial charge in [-0.1, -0.05) is 30.3 Å². The van der Waals surface area contributed by atoms with E-state index in [9.17, 15) is 10.2 Å². The summed E-state index contributed by atoms with van der Waals surface area (Å²) in [6.07, 6.45) is 0. The summed E-state index contributed by atoms with van der Waals surface area (Å²) in [4.78, 5) is 2.01. The third-order valence-corrected chi connectivity index (χ3v) is 4.23. The summed E-state index contributed by atoms with van der Waals surface area (Å²) in [6, 6.07) is 10.1. The molecule has 4 N–H and O–H groups in total. The molecule has 0 fully saturated rings. The average Bonchev–Trinajstić information content (AvgIpc) is 2.55. The van der Waals surface area contributed by atoms with Crippen molar-refractivity contribution in [3.05, 3.63) is 35.9 Å². The molecule has 0 radical (unpaired) electrons. The quantitative estimate of drug-likeness (QED) is 0.359. The van der Waals surface area contributed by atoms with Crippen LogP contribution in [0.2, 0.25) is 0 Å². The van der Waals surface area contributed by atoms with E-state index in [2.05, 4.69) is 12.1 Å². The predicted molar refractivity (Wildman–Crippen MR) is 89.8 cm³/mol. The molecule has 0 aliphatic heterocycles. The Morgan fingerprint density at radius 2 is 1.26 bits per heavy atom. The maximum atomic E-state index is 9.49. The number of aliphatic hydroxyl groups is 4. The van der Waals surface area contributed by atoms with Gasteiger partial charge < -0.3 is 24.9 Å². The van der Waals surface area contributed by atoms with Crippen molar-refractivity contribution in [1.29, 1.82) is 0 Å². The first-order valence-electron chi connectivity index (χ1n) is 8.24. The normalized spacial score (nSPS) is 12.0. The highest BCUT2D eigenvalue weighted by molar-refractivity contribution is 5.13. The Labute approximate surface area is 138 Å². The van der Waals surface area contributed by atoms with Gasteiger partial charge in [0.15, 0.2) is 0 Å². The van der Waals surface area contributed by atoms with E-state index in [-0.39, 0.29) is 26.4 Å². The number of hydrogen-bond acceptors (Lipinski definition) is 5. The highest BCUT2D eigenvalue weighted by Gasteiger charge is 2.27. The van der Waals surface area contributed by atoms with Crippen molar-refractivity contribution >= 4 is 0 Å². The van der Waals surface area contributed by atoms with Gasteiger partial charge in [-0.05, 0) is 0 Å². The van der Waals surface area contributed by atoms with E-state index in [1.165, 1.54) is 5.56 Å². The topological polar surface area (TPSA) is 84.2 Å². The second-order valence-corrected chi connectivity index (χ2v) is 5.89. The first-order chi connectivity index (χ1) is 11.2. The number of aliphatic hydroxyl groups excluding tert-OH is 4. The lowest BCUT2D eigenvalue weighted by atomic mass is 10.1. The van der Waals surface area contributed by atoms with Gasteiger partial charge in [-0.25, -0.2) is 0 Å². The highest BCUT2D eigenvalue weighted by atomic mass is 16.3. The largest absolute Gasteiger partial charge is 0.395 e. The number of benzene rings is 1. The van der Waals surface area contributed by atoms with Gasteiger partial charge in [0.25, 0.3) is 0 Å². The number of quaternary nitrogens is 1. The second kappa shape index (κ2) is 11.5. The third-order valence-electron chi connectivity index (χ3n) is 4.23. The van der Waals surface area contributed by atoms with Crippen LogP contribution in [0.3, 0.4) is 0 Å². The molecule has 0 amide bonds. The van der Waals surface area contributed by atoms with Crippen molar-refractivity contribution in [2.75, 3.05) is 65.7 Å². The lowest BCUT2D eigenvalue weighted by Crippen LogP contribution is -2.54. The van der Waals surface area contributed by atoms with Crippen molar-refractivity contribution in [2.45, 2.75) is 6.54 Å². The van der Waals surface area contributed by atoms with Crippen molar-refractivity contribution in [1.82, 2.24) is 4.90 Å². The van der Waals surface area contributed by atoms with Crippen LogP contribution in [0.1, 0.15) is 5.56 Å². The molecule has 1 rings (SSSR count). The molecule has 6 nitrogen and oxygen atoms in total. The van der Waals surface area contributed by atoms with E-state index in [1.54, 1.807) is 0 Å². The zero-order valence-corrected chi connectivity index (χ0v) is 13.8. The van der Waals surface area contributed by atoms with Crippen LogP contribution in [0, 0.1) is 0 Å². The molecular weight excluding hydrogens is 296 g/mol. The summed E-state index contributed by atoms with van der Waals surface area (Å²) in [5, 5.41) is 37.2. The van der Waals surface area contributed by atoms with E-state index in [0.717, 1.165) is 13.1 Å². The molecule has 1 aromatic carbocycles. The van der Waals surface area contributed by atoms with Crippen molar-refractivity contribution in [2.24, 2.45) is 0 Å². The van der Waals surface area contributed by atoms with E-state index < -0.39 is 0 Å². The summed E-state index contributed by atoms with van der Waals surface area (Å²) in [5.74, 6) is 0. The molecule has 0 aliphatic rings. The minimum absolute atomic E-state index is 0.0543. The van der Waals surface area contributed by atoms with Gasteiger partial charge in [-0.2, -0.15) is 0 Å². The van der Waals surface area contributed by atoms with Gasteiger partial charge in [0.05, 0.1) is 33.0 Å². The van der Waals surface area contributed by atoms with Gasteiger partial charge in [0.1, 0.15) is 19.6 Å². The zero-order chi connectivity index (χ0) is 17.0. The Kier molecular flexibility index (Phi) is 10.0. The molecule has 0 saturated carbocycles. The monoisotopic (exact) mass is 327 g/mol. The highest BCUT2D eigenvalue weighted by Crippen LogP contribution is 2.15. The summed E-state index contributed by atoms with van der Waals surface area (Å²) in [7, 11) is 0. The fourth-order valence-corrected chi connectivity index (χ4v) is 2.94. The first kappa shape index (κ1) is 20.0. The fraction of sp³-hybridized carbons (Fsp3) is 0.647. The Hall–Kier alpha value is -1.02. The summed E-state index contributed by atoms with van der Waals surface area (Å²) < 4.78 is 0.588. The Morgan fingerprint density at radius 1 is 0.696 bits per heavy atom. The molecule has 132 valence electrons. The Morgan fingerprint density at radius 3 is 1.74 bits per heavy atom. The lowest BCUT2D eigenvalue weighted by Gasteiger charge is -2.39. The van der Waals surface area contributed by atoms with E-state index in [4.69, 9.17) is 10.2 Å². The maximum Gasteiger partial charge on any atom is 0.105 e. The third kappa shape index (κ3) is 7.39. The second-order valence-electron chi connectivity index (χ2n) is 5.89. The Bertz CT molecular complexity index is 391. The van der Waals surface area contributed by atoms with Crippen molar-refractivity contribution in [3.63, 3.8) is 0 Å². The average molecular weight is 327 g/mol. The van der Waals surface area contributed by atoms with E-state index in [0.29, 0.717) is 37.2 Å². The van der Waals surface area contributed by atoms with Crippen molar-refractivity contribution < 1.29 is 24.9 Å². The van der Waals surface area contributed by atoms with Crippen molar-refractivity contribution in [3.8, 4) is 0 Å². The smallest absolute Gasteiger partial charge is 0.105 e. The molecule has 1 aromatic rings. The van der Waals surface area contributed by atoms with Crippen LogP contribution < -0.4 is 0 Å². The molecule has 0 aromatic heterocycles. The summed E-state index contributed by atoms with van der Waals surface area (Å²) >= 11 is 0. The molecule has 0 unspecified atom stereocenters. The van der Waals surface area contributed by atoms with Gasteiger partial charge in [-0.3, -0.25) is 4.90 Å². The summed E-state index contributed by atoms with van der Waals surface area (Å²) in [6.45, 7) is 4.60. The van der Waals surface area contributed by atoms with E-state index >= 15 is 0 Å². The van der Waals surface area contributed by atoms with Gasteiger partial charge in [-0.15, -0.1) is 0 Å². The molecule has 23 heavy (non-hydrogen) atoms. The SMILES string of the molecule is OCCN(CCO)CC[N+](CCO)(CCO)Cc1ccccc1. The van der Waals surface area contributed by atoms with Crippen LogP contribution in [-0.4, -0.2) is 95.5 Å². The lowest BCUT2D eigenvalue weighted by molar-refractivity contribution is -0.940. The zero-order valence-electron chi connectivity index (χ0n) is 13.8. The van der Waals surface area contributed by atoms with Crippen LogP contribution in [0.25, 0.3) is 0 Å². The standard InChI is InChI=1S/C17H31N2O4/c20-12-7-18(8-13-21)6-9-19(10-14-22,11-15-23)16-17-4-2-1-3-5-17/h1-5,20-23H,6-16H2/q+1. The van der Waals surface area contributed by atoms with Crippen LogP contribution in [-0.2, 0) is 6.54 Å². The fourth-order valence-electron chi connectivity index (χ4n) is 2.94. The molecule has 0 aliphatic carbocycles. The Balaban J connectivity index is 2.80.